The van der Waals surface area contributed by atoms with Crippen molar-refractivity contribution in [2.24, 2.45) is 0 Å². The van der Waals surface area contributed by atoms with Crippen LogP contribution in [0.3, 0.4) is 0 Å². The third-order valence-corrected chi connectivity index (χ3v) is 7.24. The van der Waals surface area contributed by atoms with Gasteiger partial charge in [-0.2, -0.15) is 5.10 Å². The number of pyridine rings is 2. The zero-order valence-electron chi connectivity index (χ0n) is 20.6. The van der Waals surface area contributed by atoms with Crippen LogP contribution in [0.4, 0.5) is 10.2 Å². The fraction of sp³-hybridized carbons (Fsp3) is 0.259. The summed E-state index contributed by atoms with van der Waals surface area (Å²) in [6.45, 7) is 3.48. The number of aromatic nitrogens is 6. The van der Waals surface area contributed by atoms with E-state index in [1.807, 2.05) is 59.3 Å². The number of nitrogen functional groups attached to an aromatic ring is 1. The van der Waals surface area contributed by atoms with Crippen molar-refractivity contribution in [1.29, 1.82) is 0 Å². The largest absolute Gasteiger partial charge is 0.383 e. The van der Waals surface area contributed by atoms with E-state index >= 15 is 4.39 Å². The van der Waals surface area contributed by atoms with E-state index in [0.29, 0.717) is 40.6 Å². The lowest BCUT2D eigenvalue weighted by molar-refractivity contribution is 0.106. The van der Waals surface area contributed by atoms with Crippen molar-refractivity contribution in [3.8, 4) is 22.9 Å². The van der Waals surface area contributed by atoms with Gasteiger partial charge in [0.05, 0.1) is 11.6 Å². The molecule has 2 unspecified atom stereocenters. The van der Waals surface area contributed by atoms with Gasteiger partial charge in [-0.1, -0.05) is 6.07 Å². The Labute approximate surface area is 218 Å². The molecular formula is C27H27FN10. The molecule has 2 aliphatic rings. The van der Waals surface area contributed by atoms with Gasteiger partial charge in [-0.25, -0.2) is 34.5 Å². The van der Waals surface area contributed by atoms with Crippen LogP contribution in [-0.4, -0.2) is 66.7 Å². The third kappa shape index (κ3) is 3.92. The van der Waals surface area contributed by atoms with Crippen LogP contribution in [0.2, 0.25) is 0 Å². The van der Waals surface area contributed by atoms with Crippen LogP contribution in [0.1, 0.15) is 17.2 Å². The minimum atomic E-state index is -1.01. The summed E-state index contributed by atoms with van der Waals surface area (Å²) in [5.41, 5.74) is 14.6. The summed E-state index contributed by atoms with van der Waals surface area (Å²) in [4.78, 5) is 14.1. The minimum Gasteiger partial charge on any atom is -0.383 e. The molecule has 1 aromatic carbocycles. The number of piperazine rings is 1. The first-order valence-electron chi connectivity index (χ1n) is 12.8. The Morgan fingerprint density at radius 2 is 1.92 bits per heavy atom. The van der Waals surface area contributed by atoms with Gasteiger partial charge < -0.3 is 11.1 Å². The Morgan fingerprint density at radius 3 is 2.74 bits per heavy atom. The Morgan fingerprint density at radius 1 is 1.03 bits per heavy atom. The Hall–Kier alpha value is -4.19. The monoisotopic (exact) mass is 510 g/mol. The molecule has 7 rings (SSSR count). The van der Waals surface area contributed by atoms with Gasteiger partial charge in [0.1, 0.15) is 17.5 Å². The molecule has 11 heteroatoms. The summed E-state index contributed by atoms with van der Waals surface area (Å²) in [6.07, 6.45) is 4.55. The normalized spacial score (nSPS) is 19.7. The molecule has 1 saturated heterocycles. The Balaban J connectivity index is 1.35. The topological polar surface area (TPSA) is 115 Å². The van der Waals surface area contributed by atoms with Crippen molar-refractivity contribution in [2.75, 3.05) is 31.9 Å². The van der Waals surface area contributed by atoms with E-state index in [2.05, 4.69) is 25.8 Å². The molecule has 1 aliphatic heterocycles. The van der Waals surface area contributed by atoms with Crippen LogP contribution in [0.5, 0.6) is 0 Å². The van der Waals surface area contributed by atoms with Crippen LogP contribution >= 0.6 is 0 Å². The molecule has 5 aromatic rings. The van der Waals surface area contributed by atoms with Crippen LogP contribution in [-0.2, 0) is 6.42 Å². The number of anilines is 1. The summed E-state index contributed by atoms with van der Waals surface area (Å²) in [5.74, 6) is 1.67. The number of hydrogen-bond acceptors (Lipinski definition) is 8. The zero-order valence-corrected chi connectivity index (χ0v) is 20.6. The van der Waals surface area contributed by atoms with Crippen molar-refractivity contribution in [2.45, 2.75) is 18.6 Å². The highest BCUT2D eigenvalue weighted by atomic mass is 19.1. The molecule has 1 fully saturated rings. The molecule has 0 saturated carbocycles. The average molecular weight is 511 g/mol. The highest BCUT2D eigenvalue weighted by Crippen LogP contribution is 2.37. The number of halogens is 1. The van der Waals surface area contributed by atoms with Gasteiger partial charge in [0.2, 0.25) is 0 Å². The van der Waals surface area contributed by atoms with Gasteiger partial charge in [-0.15, -0.1) is 0 Å². The lowest BCUT2D eigenvalue weighted by Crippen LogP contribution is -2.52. The van der Waals surface area contributed by atoms with Gasteiger partial charge in [0.15, 0.2) is 17.3 Å². The number of imidazole rings is 1. The highest BCUT2D eigenvalue weighted by Gasteiger charge is 2.34. The van der Waals surface area contributed by atoms with Crippen molar-refractivity contribution < 1.29 is 4.39 Å². The van der Waals surface area contributed by atoms with E-state index in [-0.39, 0.29) is 6.04 Å². The first-order valence-corrected chi connectivity index (χ1v) is 12.8. The molecule has 1 aliphatic carbocycles. The number of hydrazine groups is 1. The smallest absolute Gasteiger partial charge is 0.167 e. The van der Waals surface area contributed by atoms with Gasteiger partial charge >= 0.3 is 0 Å². The summed E-state index contributed by atoms with van der Waals surface area (Å²) in [5, 5.41) is 9.77. The fourth-order valence-corrected chi connectivity index (χ4v) is 5.39. The summed E-state index contributed by atoms with van der Waals surface area (Å²) in [7, 11) is 0. The van der Waals surface area contributed by atoms with Crippen molar-refractivity contribution in [3.63, 3.8) is 0 Å². The zero-order chi connectivity index (χ0) is 25.6. The number of nitrogens with two attached hydrogens (primary N) is 1. The quantitative estimate of drug-likeness (QED) is 0.331. The number of nitrogens with one attached hydrogen (secondary N) is 2. The molecule has 5 heterocycles. The maximum absolute atomic E-state index is 15.3. The highest BCUT2D eigenvalue weighted by molar-refractivity contribution is 5.83. The second kappa shape index (κ2) is 9.28. The molecule has 0 bridgehead atoms. The molecule has 10 nitrogen and oxygen atoms in total. The van der Waals surface area contributed by atoms with E-state index in [0.717, 1.165) is 43.0 Å². The number of alkyl halides is 1. The van der Waals surface area contributed by atoms with Gasteiger partial charge in [-0.3, -0.25) is 4.57 Å². The van der Waals surface area contributed by atoms with Crippen LogP contribution in [0, 0.1) is 0 Å². The van der Waals surface area contributed by atoms with Gasteiger partial charge in [0, 0.05) is 56.9 Å². The number of nitrogens with zero attached hydrogens (tertiary/aromatic N) is 7. The first kappa shape index (κ1) is 23.0. The number of benzene rings is 1. The van der Waals surface area contributed by atoms with E-state index in [4.69, 9.17) is 15.7 Å². The molecule has 4 aromatic heterocycles. The Bertz CT molecular complexity index is 1610. The Kier molecular flexibility index (Phi) is 5.61. The number of rotatable bonds is 5. The lowest BCUT2D eigenvalue weighted by atomic mass is 10.1. The molecule has 2 atom stereocenters. The minimum absolute atomic E-state index is 0.343. The number of fused-ring (bicyclic) bond motifs is 2. The number of hydrogen-bond donors (Lipinski definition) is 3. The van der Waals surface area contributed by atoms with E-state index < -0.39 is 6.17 Å². The molecule has 38 heavy (non-hydrogen) atoms. The third-order valence-electron chi connectivity index (χ3n) is 7.24. The molecular weight excluding hydrogens is 483 g/mol. The van der Waals surface area contributed by atoms with Gasteiger partial charge in [-0.05, 0) is 53.6 Å². The van der Waals surface area contributed by atoms with Crippen LogP contribution < -0.4 is 16.5 Å². The molecule has 0 spiro atoms. The second-order valence-electron chi connectivity index (χ2n) is 9.62. The summed E-state index contributed by atoms with van der Waals surface area (Å²) >= 11 is 0. The van der Waals surface area contributed by atoms with Gasteiger partial charge in [0.25, 0.3) is 0 Å². The molecule has 0 amide bonds. The SMILES string of the molecule is Nc1ncccc1-c1nc2ccc(-n3cccn3)nc2n1-c1ccc2c(c1)CC(F)C2NN1CCNCC1. The summed E-state index contributed by atoms with van der Waals surface area (Å²) in [6, 6.07) is 15.1. The predicted molar refractivity (Wildman–Crippen MR) is 143 cm³/mol. The van der Waals surface area contributed by atoms with Crippen LogP contribution in [0.25, 0.3) is 34.1 Å². The van der Waals surface area contributed by atoms with Crippen molar-refractivity contribution in [3.05, 3.63) is 78.2 Å². The standard InChI is InChI=1S/C27H27FN10/c28-21-16-17-15-18(4-5-19(17)24(21)35-36-13-10-30-11-14-36)38-26(20-3-1-8-31-25(20)29)33-22-6-7-23(34-27(22)38)37-12-2-9-32-37/h1-9,12,15,21,24,30,35H,10-11,13-14,16H2,(H2,29,31). The van der Waals surface area contributed by atoms with E-state index in [9.17, 15) is 0 Å². The predicted octanol–water partition coefficient (Wildman–Crippen LogP) is 2.60. The maximum atomic E-state index is 15.3. The first-order chi connectivity index (χ1) is 18.7. The van der Waals surface area contributed by atoms with Crippen LogP contribution in [0.15, 0.2) is 67.1 Å². The summed E-state index contributed by atoms with van der Waals surface area (Å²) < 4.78 is 19.0. The molecule has 4 N–H and O–H groups in total. The average Bonchev–Trinajstić information content (AvgIpc) is 3.67. The lowest BCUT2D eigenvalue weighted by Gasteiger charge is -2.31. The van der Waals surface area contributed by atoms with Crippen molar-refractivity contribution in [1.82, 2.24) is 45.1 Å². The molecule has 0 radical (unpaired) electrons. The second-order valence-corrected chi connectivity index (χ2v) is 9.62. The maximum Gasteiger partial charge on any atom is 0.167 e. The fourth-order valence-electron chi connectivity index (χ4n) is 5.39. The van der Waals surface area contributed by atoms with E-state index in [1.54, 1.807) is 17.1 Å². The molecule has 192 valence electrons. The van der Waals surface area contributed by atoms with E-state index in [1.165, 1.54) is 0 Å². The van der Waals surface area contributed by atoms with Crippen molar-refractivity contribution >= 4 is 17.0 Å².